The number of primary amides is 1. The van der Waals surface area contributed by atoms with Crippen molar-refractivity contribution in [3.63, 3.8) is 0 Å². The van der Waals surface area contributed by atoms with Crippen molar-refractivity contribution in [1.29, 1.82) is 0 Å². The van der Waals surface area contributed by atoms with Crippen LogP contribution in [-0.4, -0.2) is 5.91 Å². The van der Waals surface area contributed by atoms with E-state index in [1.807, 2.05) is 30.3 Å². The smallest absolute Gasteiger partial charge is 0.248 e. The van der Waals surface area contributed by atoms with Gasteiger partial charge in [-0.1, -0.05) is 30.3 Å². The van der Waals surface area contributed by atoms with Crippen molar-refractivity contribution in [2.24, 2.45) is 11.5 Å². The molecule has 20 heavy (non-hydrogen) atoms. The zero-order valence-electron chi connectivity index (χ0n) is 10.9. The molecule has 5 heteroatoms. The van der Waals surface area contributed by atoms with Gasteiger partial charge >= 0.3 is 0 Å². The monoisotopic (exact) mass is 292 g/mol. The Balaban J connectivity index is 0.00000200. The van der Waals surface area contributed by atoms with E-state index in [1.54, 1.807) is 18.2 Å². The molecule has 0 spiro atoms. The number of carbonyl (C=O) groups excluding carboxylic acids is 1. The van der Waals surface area contributed by atoms with Gasteiger partial charge in [-0.25, -0.2) is 0 Å². The average Bonchev–Trinajstić information content (AvgIpc) is 2.45. The van der Waals surface area contributed by atoms with Crippen LogP contribution in [0, 0.1) is 0 Å². The zero-order valence-corrected chi connectivity index (χ0v) is 11.7. The Labute approximate surface area is 124 Å². The topological polar surface area (TPSA) is 78.3 Å². The van der Waals surface area contributed by atoms with Gasteiger partial charge in [0.2, 0.25) is 5.91 Å². The number of amides is 1. The first-order valence-corrected chi connectivity index (χ1v) is 6.00. The SMILES string of the molecule is Cl.NCc1cc(C(N)=O)ccc1OCc1ccccc1. The summed E-state index contributed by atoms with van der Waals surface area (Å²) in [4.78, 5) is 11.1. The lowest BCUT2D eigenvalue weighted by Gasteiger charge is -2.11. The summed E-state index contributed by atoms with van der Waals surface area (Å²) in [5.74, 6) is 0.209. The minimum atomic E-state index is -0.468. The number of halogens is 1. The lowest BCUT2D eigenvalue weighted by molar-refractivity contribution is 0.1000. The summed E-state index contributed by atoms with van der Waals surface area (Å²) in [7, 11) is 0. The summed E-state index contributed by atoms with van der Waals surface area (Å²) in [5, 5.41) is 0. The third-order valence-electron chi connectivity index (χ3n) is 2.80. The van der Waals surface area contributed by atoms with Crippen LogP contribution < -0.4 is 16.2 Å². The Bertz CT molecular complexity index is 573. The molecule has 1 amide bonds. The molecule has 106 valence electrons. The summed E-state index contributed by atoms with van der Waals surface area (Å²) in [5.41, 5.74) is 13.2. The first kappa shape index (κ1) is 16.0. The highest BCUT2D eigenvalue weighted by molar-refractivity contribution is 5.93. The normalized spacial score (nSPS) is 9.65. The van der Waals surface area contributed by atoms with Gasteiger partial charge in [-0.05, 0) is 23.8 Å². The molecule has 4 nitrogen and oxygen atoms in total. The van der Waals surface area contributed by atoms with E-state index in [0.717, 1.165) is 11.1 Å². The first-order valence-electron chi connectivity index (χ1n) is 6.00. The van der Waals surface area contributed by atoms with Gasteiger partial charge in [0.15, 0.2) is 0 Å². The maximum atomic E-state index is 11.1. The molecular weight excluding hydrogens is 276 g/mol. The molecule has 4 N–H and O–H groups in total. The quantitative estimate of drug-likeness (QED) is 0.887. The second kappa shape index (κ2) is 7.53. The molecule has 2 aromatic carbocycles. The van der Waals surface area contributed by atoms with Crippen LogP contribution in [0.4, 0.5) is 0 Å². The van der Waals surface area contributed by atoms with E-state index in [0.29, 0.717) is 24.5 Å². The van der Waals surface area contributed by atoms with Crippen LogP contribution in [0.15, 0.2) is 48.5 Å². The molecule has 2 aromatic rings. The summed E-state index contributed by atoms with van der Waals surface area (Å²) in [6.45, 7) is 0.759. The van der Waals surface area contributed by atoms with Gasteiger partial charge in [-0.2, -0.15) is 0 Å². The van der Waals surface area contributed by atoms with Gasteiger partial charge in [-0.3, -0.25) is 4.79 Å². The fourth-order valence-corrected chi connectivity index (χ4v) is 1.77. The molecule has 0 aliphatic carbocycles. The largest absolute Gasteiger partial charge is 0.489 e. The fourth-order valence-electron chi connectivity index (χ4n) is 1.77. The predicted molar refractivity (Wildman–Crippen MR) is 80.9 cm³/mol. The molecule has 0 aromatic heterocycles. The molecule has 0 heterocycles. The van der Waals surface area contributed by atoms with Gasteiger partial charge in [0.05, 0.1) is 0 Å². The van der Waals surface area contributed by atoms with E-state index >= 15 is 0 Å². The number of rotatable bonds is 5. The molecule has 0 unspecified atom stereocenters. The van der Waals surface area contributed by atoms with Gasteiger partial charge in [0, 0.05) is 17.7 Å². The Morgan fingerprint density at radius 2 is 1.80 bits per heavy atom. The third kappa shape index (κ3) is 3.98. The molecule has 0 fully saturated rings. The molecule has 0 radical (unpaired) electrons. The Morgan fingerprint density at radius 1 is 1.10 bits per heavy atom. The molecule has 2 rings (SSSR count). The van der Waals surface area contributed by atoms with Gasteiger partial charge in [0.25, 0.3) is 0 Å². The van der Waals surface area contributed by atoms with Crippen LogP contribution in [0.1, 0.15) is 21.5 Å². The minimum absolute atomic E-state index is 0. The van der Waals surface area contributed by atoms with Gasteiger partial charge in [-0.15, -0.1) is 12.4 Å². The molecule has 0 aliphatic heterocycles. The van der Waals surface area contributed by atoms with Crippen molar-refractivity contribution in [2.75, 3.05) is 0 Å². The summed E-state index contributed by atoms with van der Waals surface area (Å²) < 4.78 is 5.72. The number of hydrogen-bond acceptors (Lipinski definition) is 3. The van der Waals surface area contributed by atoms with Crippen molar-refractivity contribution in [2.45, 2.75) is 13.2 Å². The van der Waals surface area contributed by atoms with E-state index < -0.39 is 5.91 Å². The third-order valence-corrected chi connectivity index (χ3v) is 2.80. The second-order valence-electron chi connectivity index (χ2n) is 4.17. The molecule has 0 saturated carbocycles. The summed E-state index contributed by atoms with van der Waals surface area (Å²) in [6.07, 6.45) is 0. The second-order valence-corrected chi connectivity index (χ2v) is 4.17. The van der Waals surface area contributed by atoms with Crippen LogP contribution >= 0.6 is 12.4 Å². The molecule has 0 aliphatic rings. The van der Waals surface area contributed by atoms with Gasteiger partial charge < -0.3 is 16.2 Å². The molecule has 0 atom stereocenters. The van der Waals surface area contributed by atoms with Crippen molar-refractivity contribution in [3.05, 3.63) is 65.2 Å². The van der Waals surface area contributed by atoms with Crippen LogP contribution in [0.25, 0.3) is 0 Å². The van der Waals surface area contributed by atoms with Crippen LogP contribution in [0.2, 0.25) is 0 Å². The van der Waals surface area contributed by atoms with E-state index in [9.17, 15) is 4.79 Å². The zero-order chi connectivity index (χ0) is 13.7. The average molecular weight is 293 g/mol. The predicted octanol–water partition coefficient (Wildman–Crippen LogP) is 2.25. The van der Waals surface area contributed by atoms with E-state index in [4.69, 9.17) is 16.2 Å². The lowest BCUT2D eigenvalue weighted by Crippen LogP contribution is -2.12. The first-order chi connectivity index (χ1) is 9.20. The highest BCUT2D eigenvalue weighted by atomic mass is 35.5. The van der Waals surface area contributed by atoms with Crippen molar-refractivity contribution < 1.29 is 9.53 Å². The molecule has 0 bridgehead atoms. The number of ether oxygens (including phenoxy) is 1. The van der Waals surface area contributed by atoms with E-state index in [-0.39, 0.29) is 12.4 Å². The molecular formula is C15H17ClN2O2. The van der Waals surface area contributed by atoms with Crippen LogP contribution in [0.5, 0.6) is 5.75 Å². The Morgan fingerprint density at radius 3 is 2.40 bits per heavy atom. The van der Waals surface area contributed by atoms with Crippen LogP contribution in [-0.2, 0) is 13.2 Å². The maximum absolute atomic E-state index is 11.1. The standard InChI is InChI=1S/C15H16N2O2.ClH/c16-9-13-8-12(15(17)18)6-7-14(13)19-10-11-4-2-1-3-5-11;/h1-8H,9-10,16H2,(H2,17,18);1H. The number of nitrogens with two attached hydrogens (primary N) is 2. The van der Waals surface area contributed by atoms with Gasteiger partial charge in [0.1, 0.15) is 12.4 Å². The lowest BCUT2D eigenvalue weighted by atomic mass is 10.1. The number of benzene rings is 2. The van der Waals surface area contributed by atoms with Crippen LogP contribution in [0.3, 0.4) is 0 Å². The number of hydrogen-bond donors (Lipinski definition) is 2. The van der Waals surface area contributed by atoms with Crippen molar-refractivity contribution >= 4 is 18.3 Å². The summed E-state index contributed by atoms with van der Waals surface area (Å²) >= 11 is 0. The Kier molecular flexibility index (Phi) is 6.03. The maximum Gasteiger partial charge on any atom is 0.248 e. The fraction of sp³-hybridized carbons (Fsp3) is 0.133. The van der Waals surface area contributed by atoms with Crippen molar-refractivity contribution in [1.82, 2.24) is 0 Å². The van der Waals surface area contributed by atoms with E-state index in [2.05, 4.69) is 0 Å². The molecule has 0 saturated heterocycles. The Hall–Kier alpha value is -2.04. The number of carbonyl (C=O) groups is 1. The highest BCUT2D eigenvalue weighted by Gasteiger charge is 2.07. The highest BCUT2D eigenvalue weighted by Crippen LogP contribution is 2.21. The van der Waals surface area contributed by atoms with Crippen molar-refractivity contribution in [3.8, 4) is 5.75 Å². The van der Waals surface area contributed by atoms with E-state index in [1.165, 1.54) is 0 Å². The minimum Gasteiger partial charge on any atom is -0.489 e. The summed E-state index contributed by atoms with van der Waals surface area (Å²) in [6, 6.07) is 14.9.